The van der Waals surface area contributed by atoms with Gasteiger partial charge in [-0.05, 0) is 6.92 Å². The SMILES string of the molecule is Cc1cc(NC(=O)Cn2cnc3nc(N4CCOCC4)sc3c2=O)no1. The summed E-state index contributed by atoms with van der Waals surface area (Å²) in [5.41, 5.74) is 0.101. The second kappa shape index (κ2) is 6.84. The summed E-state index contributed by atoms with van der Waals surface area (Å²) in [6.45, 7) is 4.28. The largest absolute Gasteiger partial charge is 0.378 e. The number of carbonyl (C=O) groups excluding carboxylic acids is 1. The molecule has 1 aliphatic rings. The van der Waals surface area contributed by atoms with Gasteiger partial charge in [0.05, 0.1) is 13.2 Å². The van der Waals surface area contributed by atoms with Crippen molar-refractivity contribution in [2.24, 2.45) is 0 Å². The van der Waals surface area contributed by atoms with Gasteiger partial charge in [0, 0.05) is 19.2 Å². The van der Waals surface area contributed by atoms with E-state index in [0.717, 1.165) is 18.2 Å². The maximum atomic E-state index is 12.7. The minimum atomic E-state index is -0.389. The predicted molar refractivity (Wildman–Crippen MR) is 94.6 cm³/mol. The van der Waals surface area contributed by atoms with E-state index < -0.39 is 0 Å². The van der Waals surface area contributed by atoms with Crippen LogP contribution in [0.5, 0.6) is 0 Å². The van der Waals surface area contributed by atoms with E-state index in [1.807, 2.05) is 0 Å². The van der Waals surface area contributed by atoms with E-state index in [0.29, 0.717) is 35.1 Å². The van der Waals surface area contributed by atoms with E-state index in [9.17, 15) is 9.59 Å². The fourth-order valence-corrected chi connectivity index (χ4v) is 3.62. The van der Waals surface area contributed by atoms with Crippen LogP contribution in [0.4, 0.5) is 10.9 Å². The molecule has 136 valence electrons. The summed E-state index contributed by atoms with van der Waals surface area (Å²) in [7, 11) is 0. The van der Waals surface area contributed by atoms with E-state index in [1.165, 1.54) is 22.2 Å². The molecule has 26 heavy (non-hydrogen) atoms. The molecule has 10 nitrogen and oxygen atoms in total. The van der Waals surface area contributed by atoms with Gasteiger partial charge in [-0.2, -0.15) is 4.98 Å². The summed E-state index contributed by atoms with van der Waals surface area (Å²) in [5, 5.41) is 7.01. The Morgan fingerprint density at radius 3 is 2.92 bits per heavy atom. The first-order valence-electron chi connectivity index (χ1n) is 8.02. The Morgan fingerprint density at radius 1 is 1.38 bits per heavy atom. The van der Waals surface area contributed by atoms with Gasteiger partial charge in [0.25, 0.3) is 5.56 Å². The van der Waals surface area contributed by atoms with Gasteiger partial charge in [-0.25, -0.2) is 4.98 Å². The highest BCUT2D eigenvalue weighted by molar-refractivity contribution is 7.22. The van der Waals surface area contributed by atoms with Gasteiger partial charge in [0.2, 0.25) is 5.91 Å². The fourth-order valence-electron chi connectivity index (χ4n) is 2.60. The van der Waals surface area contributed by atoms with Crippen molar-refractivity contribution in [2.45, 2.75) is 13.5 Å². The molecule has 3 aromatic rings. The van der Waals surface area contributed by atoms with Gasteiger partial charge in [-0.3, -0.25) is 14.2 Å². The lowest BCUT2D eigenvalue weighted by molar-refractivity contribution is -0.116. The lowest BCUT2D eigenvalue weighted by Gasteiger charge is -2.25. The van der Waals surface area contributed by atoms with Gasteiger partial charge in [0.1, 0.15) is 23.3 Å². The lowest BCUT2D eigenvalue weighted by Crippen LogP contribution is -2.36. The fraction of sp³-hybridized carbons (Fsp3) is 0.400. The molecule has 4 heterocycles. The average molecular weight is 376 g/mol. The number of aromatic nitrogens is 4. The van der Waals surface area contributed by atoms with Crippen molar-refractivity contribution >= 4 is 38.5 Å². The molecule has 0 radical (unpaired) electrons. The van der Waals surface area contributed by atoms with Crippen molar-refractivity contribution < 1.29 is 14.1 Å². The van der Waals surface area contributed by atoms with E-state index >= 15 is 0 Å². The van der Waals surface area contributed by atoms with Gasteiger partial charge >= 0.3 is 0 Å². The Bertz CT molecular complexity index is 1000. The first-order valence-corrected chi connectivity index (χ1v) is 8.83. The van der Waals surface area contributed by atoms with Crippen LogP contribution in [0.3, 0.4) is 0 Å². The van der Waals surface area contributed by atoms with Gasteiger partial charge in [0.15, 0.2) is 16.6 Å². The summed E-state index contributed by atoms with van der Waals surface area (Å²) >= 11 is 1.28. The number of thiazole rings is 1. The molecule has 0 aromatic carbocycles. The van der Waals surface area contributed by atoms with E-state index in [1.54, 1.807) is 13.0 Å². The molecule has 1 N–H and O–H groups in total. The third-order valence-corrected chi connectivity index (χ3v) is 4.96. The van der Waals surface area contributed by atoms with Gasteiger partial charge < -0.3 is 19.5 Å². The average Bonchev–Trinajstić information content (AvgIpc) is 3.25. The molecule has 0 unspecified atom stereocenters. The number of anilines is 2. The topological polar surface area (TPSA) is 115 Å². The molecular formula is C15H16N6O4S. The molecule has 4 rings (SSSR count). The smallest absolute Gasteiger partial charge is 0.273 e. The number of nitrogens with one attached hydrogen (secondary N) is 1. The Balaban J connectivity index is 1.55. The van der Waals surface area contributed by atoms with Gasteiger partial charge in [-0.1, -0.05) is 16.5 Å². The third-order valence-electron chi connectivity index (χ3n) is 3.86. The predicted octanol–water partition coefficient (Wildman–Crippen LogP) is 0.625. The number of rotatable bonds is 4. The quantitative estimate of drug-likeness (QED) is 0.705. The molecule has 1 aliphatic heterocycles. The molecule has 0 saturated carbocycles. The van der Waals surface area contributed by atoms with Crippen molar-refractivity contribution in [3.8, 4) is 0 Å². The van der Waals surface area contributed by atoms with Crippen LogP contribution < -0.4 is 15.8 Å². The van der Waals surface area contributed by atoms with Crippen molar-refractivity contribution in [3.63, 3.8) is 0 Å². The summed E-state index contributed by atoms with van der Waals surface area (Å²) in [6, 6.07) is 1.60. The van der Waals surface area contributed by atoms with Crippen LogP contribution in [0.1, 0.15) is 5.76 Å². The van der Waals surface area contributed by atoms with E-state index in [-0.39, 0.29) is 18.0 Å². The second-order valence-electron chi connectivity index (χ2n) is 5.80. The van der Waals surface area contributed by atoms with Crippen LogP contribution >= 0.6 is 11.3 Å². The molecule has 1 fully saturated rings. The summed E-state index contributed by atoms with van der Waals surface area (Å²) in [5.74, 6) is 0.502. The lowest BCUT2D eigenvalue weighted by atomic mass is 10.4. The number of hydrogen-bond acceptors (Lipinski definition) is 9. The number of fused-ring (bicyclic) bond motifs is 1. The molecule has 11 heteroatoms. The number of carbonyl (C=O) groups is 1. The monoisotopic (exact) mass is 376 g/mol. The Hall–Kier alpha value is -2.79. The maximum absolute atomic E-state index is 12.7. The normalized spacial score (nSPS) is 14.7. The summed E-state index contributed by atoms with van der Waals surface area (Å²) < 4.78 is 11.9. The van der Waals surface area contributed by atoms with Crippen molar-refractivity contribution in [1.82, 2.24) is 19.7 Å². The number of amides is 1. The zero-order valence-corrected chi connectivity index (χ0v) is 14.8. The van der Waals surface area contributed by atoms with E-state index in [4.69, 9.17) is 9.26 Å². The van der Waals surface area contributed by atoms with Gasteiger partial charge in [-0.15, -0.1) is 0 Å². The third kappa shape index (κ3) is 3.30. The Kier molecular flexibility index (Phi) is 4.39. The van der Waals surface area contributed by atoms with E-state index in [2.05, 4.69) is 25.3 Å². The summed E-state index contributed by atoms with van der Waals surface area (Å²) in [4.78, 5) is 35.5. The molecular weight excluding hydrogens is 360 g/mol. The molecule has 0 atom stereocenters. The second-order valence-corrected chi connectivity index (χ2v) is 6.77. The molecule has 1 amide bonds. The molecule has 0 spiro atoms. The van der Waals surface area contributed by atoms with Crippen molar-refractivity contribution in [3.05, 3.63) is 28.5 Å². The molecule has 0 bridgehead atoms. The Labute approximate surface area is 151 Å². The molecule has 1 saturated heterocycles. The molecule has 3 aromatic heterocycles. The Morgan fingerprint density at radius 2 is 2.19 bits per heavy atom. The zero-order chi connectivity index (χ0) is 18.1. The standard InChI is InChI=1S/C15H16N6O4S/c1-9-6-10(19-25-9)17-11(22)7-21-8-16-13-12(14(21)23)26-15(18-13)20-2-4-24-5-3-20/h6,8H,2-5,7H2,1H3,(H,17,19,22). The van der Waals surface area contributed by atoms with Crippen LogP contribution in [0.15, 0.2) is 21.7 Å². The first kappa shape index (κ1) is 16.7. The maximum Gasteiger partial charge on any atom is 0.273 e. The van der Waals surface area contributed by atoms with Crippen LogP contribution in [0.25, 0.3) is 10.3 Å². The number of aryl methyl sites for hydroxylation is 1. The highest BCUT2D eigenvalue weighted by Crippen LogP contribution is 2.25. The minimum Gasteiger partial charge on any atom is -0.378 e. The van der Waals surface area contributed by atoms with Crippen LogP contribution in [0, 0.1) is 6.92 Å². The number of ether oxygens (including phenoxy) is 1. The van der Waals surface area contributed by atoms with Crippen LogP contribution in [-0.4, -0.2) is 51.9 Å². The number of hydrogen-bond donors (Lipinski definition) is 1. The van der Waals surface area contributed by atoms with Crippen LogP contribution in [0.2, 0.25) is 0 Å². The highest BCUT2D eigenvalue weighted by atomic mass is 32.1. The first-order chi connectivity index (χ1) is 12.6. The highest BCUT2D eigenvalue weighted by Gasteiger charge is 2.18. The summed E-state index contributed by atoms with van der Waals surface area (Å²) in [6.07, 6.45) is 1.33. The molecule has 0 aliphatic carbocycles. The number of nitrogens with zero attached hydrogens (tertiary/aromatic N) is 5. The minimum absolute atomic E-state index is 0.168. The van der Waals surface area contributed by atoms with Crippen molar-refractivity contribution in [2.75, 3.05) is 36.5 Å². The zero-order valence-electron chi connectivity index (χ0n) is 14.0. The van der Waals surface area contributed by atoms with Crippen LogP contribution in [-0.2, 0) is 16.1 Å². The van der Waals surface area contributed by atoms with Crippen molar-refractivity contribution in [1.29, 1.82) is 0 Å². The number of morpholine rings is 1.